The molecule has 1 aromatic rings. The van der Waals surface area contributed by atoms with Crippen molar-refractivity contribution in [2.24, 2.45) is 0 Å². The Balaban J connectivity index is 2.31. The van der Waals surface area contributed by atoms with Crippen LogP contribution in [0.25, 0.3) is 0 Å². The first-order valence-electron chi connectivity index (χ1n) is 9.96. The Morgan fingerprint density at radius 3 is 2.48 bits per heavy atom. The van der Waals surface area contributed by atoms with Gasteiger partial charge < -0.3 is 25.2 Å². The van der Waals surface area contributed by atoms with Crippen LogP contribution < -0.4 is 10.6 Å². The Labute approximate surface area is 172 Å². The minimum Gasteiger partial charge on any atom is -0.467 e. The van der Waals surface area contributed by atoms with Gasteiger partial charge in [-0.1, -0.05) is 62.9 Å². The van der Waals surface area contributed by atoms with Gasteiger partial charge in [0, 0.05) is 6.54 Å². The number of rotatable bonds is 13. The monoisotopic (exact) mass is 408 g/mol. The molecule has 0 bridgehead atoms. The zero-order chi connectivity index (χ0) is 21.5. The first kappa shape index (κ1) is 24.4. The molecule has 0 fully saturated rings. The second-order valence-electron chi connectivity index (χ2n) is 6.79. The number of unbranched alkanes of at least 4 members (excludes halogenated alkanes) is 3. The smallest absolute Gasteiger partial charge is 0.407 e. The van der Waals surface area contributed by atoms with Crippen LogP contribution >= 0.6 is 0 Å². The lowest BCUT2D eigenvalue weighted by molar-refractivity contribution is -0.145. The molecule has 2 amide bonds. The van der Waals surface area contributed by atoms with Crippen LogP contribution in [-0.2, 0) is 25.7 Å². The number of alkyl carbamates (subject to hydrolysis) is 1. The van der Waals surface area contributed by atoms with Crippen molar-refractivity contribution in [1.29, 1.82) is 0 Å². The van der Waals surface area contributed by atoms with Crippen LogP contribution in [0.1, 0.15) is 51.0 Å². The fourth-order valence-electron chi connectivity index (χ4n) is 2.68. The van der Waals surface area contributed by atoms with Crippen LogP contribution in [0.5, 0.6) is 0 Å². The molecular formula is C21H32N2O6. The normalized spacial score (nSPS) is 12.5. The van der Waals surface area contributed by atoms with Gasteiger partial charge in [0.25, 0.3) is 0 Å². The lowest BCUT2D eigenvalue weighted by Crippen LogP contribution is -2.43. The van der Waals surface area contributed by atoms with E-state index in [4.69, 9.17) is 9.47 Å². The summed E-state index contributed by atoms with van der Waals surface area (Å²) in [6, 6.07) is 8.45. The summed E-state index contributed by atoms with van der Waals surface area (Å²) >= 11 is 0. The first-order chi connectivity index (χ1) is 14.0. The number of esters is 1. The minimum atomic E-state index is -1.10. The highest BCUT2D eigenvalue weighted by Gasteiger charge is 2.22. The second kappa shape index (κ2) is 14.4. The highest BCUT2D eigenvalue weighted by atomic mass is 16.5. The standard InChI is InChI=1S/C21H32N2O6/c1-3-4-5-9-12-18(20(26)28-2)23-19(25)13-17(24)14-22-21(27)29-15-16-10-7-6-8-11-16/h6-8,10-11,17-18,24H,3-5,9,12-15H2,1-2H3,(H,22,27)(H,23,25)/t17-,18+/m0/s1. The molecule has 0 heterocycles. The maximum atomic E-state index is 12.1. The lowest BCUT2D eigenvalue weighted by Gasteiger charge is -2.18. The quantitative estimate of drug-likeness (QED) is 0.341. The highest BCUT2D eigenvalue weighted by molar-refractivity contribution is 5.84. The topological polar surface area (TPSA) is 114 Å². The van der Waals surface area contributed by atoms with E-state index in [9.17, 15) is 19.5 Å². The van der Waals surface area contributed by atoms with Gasteiger partial charge in [-0.15, -0.1) is 0 Å². The predicted octanol–water partition coefficient (Wildman–Crippen LogP) is 2.29. The number of carbonyl (C=O) groups is 3. The van der Waals surface area contributed by atoms with Crippen LogP contribution in [0.4, 0.5) is 4.79 Å². The van der Waals surface area contributed by atoms with E-state index in [1.54, 1.807) is 0 Å². The van der Waals surface area contributed by atoms with Gasteiger partial charge in [-0.05, 0) is 12.0 Å². The molecule has 0 radical (unpaired) electrons. The van der Waals surface area contributed by atoms with Gasteiger partial charge >= 0.3 is 12.1 Å². The number of benzene rings is 1. The number of hydrogen-bond donors (Lipinski definition) is 3. The molecule has 8 nitrogen and oxygen atoms in total. The summed E-state index contributed by atoms with van der Waals surface area (Å²) in [5.41, 5.74) is 0.843. The van der Waals surface area contributed by atoms with Crippen LogP contribution in [0.3, 0.4) is 0 Å². The van der Waals surface area contributed by atoms with E-state index in [-0.39, 0.29) is 19.6 Å². The second-order valence-corrected chi connectivity index (χ2v) is 6.79. The molecule has 0 aliphatic rings. The number of carbonyl (C=O) groups excluding carboxylic acids is 3. The van der Waals surface area contributed by atoms with Gasteiger partial charge in [0.15, 0.2) is 0 Å². The Kier molecular flexibility index (Phi) is 12.1. The first-order valence-corrected chi connectivity index (χ1v) is 9.96. The molecular weight excluding hydrogens is 376 g/mol. The van der Waals surface area contributed by atoms with Gasteiger partial charge in [-0.3, -0.25) is 4.79 Å². The number of aliphatic hydroxyl groups excluding tert-OH is 1. The zero-order valence-electron chi connectivity index (χ0n) is 17.2. The third-order valence-electron chi connectivity index (χ3n) is 4.28. The van der Waals surface area contributed by atoms with Crippen LogP contribution in [-0.4, -0.2) is 48.9 Å². The van der Waals surface area contributed by atoms with E-state index in [0.717, 1.165) is 31.2 Å². The number of methoxy groups -OCH3 is 1. The van der Waals surface area contributed by atoms with Crippen molar-refractivity contribution in [3.05, 3.63) is 35.9 Å². The van der Waals surface area contributed by atoms with Gasteiger partial charge in [0.2, 0.25) is 5.91 Å². The summed E-state index contributed by atoms with van der Waals surface area (Å²) in [6.07, 6.45) is 2.35. The summed E-state index contributed by atoms with van der Waals surface area (Å²) < 4.78 is 9.76. The molecule has 0 unspecified atom stereocenters. The van der Waals surface area contributed by atoms with Crippen molar-refractivity contribution in [2.75, 3.05) is 13.7 Å². The summed E-state index contributed by atoms with van der Waals surface area (Å²) in [7, 11) is 1.27. The molecule has 1 aromatic carbocycles. The average molecular weight is 408 g/mol. The van der Waals surface area contributed by atoms with Crippen LogP contribution in [0.2, 0.25) is 0 Å². The predicted molar refractivity (Wildman–Crippen MR) is 108 cm³/mol. The van der Waals surface area contributed by atoms with Crippen LogP contribution in [0.15, 0.2) is 30.3 Å². The van der Waals surface area contributed by atoms with E-state index in [1.807, 2.05) is 30.3 Å². The number of ether oxygens (including phenoxy) is 2. The lowest BCUT2D eigenvalue weighted by atomic mass is 10.1. The molecule has 2 atom stereocenters. The van der Waals surface area contributed by atoms with Crippen molar-refractivity contribution in [2.45, 2.75) is 64.2 Å². The zero-order valence-corrected chi connectivity index (χ0v) is 17.2. The Morgan fingerprint density at radius 2 is 1.83 bits per heavy atom. The molecule has 1 rings (SSSR count). The van der Waals surface area contributed by atoms with E-state index < -0.39 is 30.1 Å². The molecule has 0 spiro atoms. The Bertz CT molecular complexity index is 623. The third-order valence-corrected chi connectivity index (χ3v) is 4.28. The maximum Gasteiger partial charge on any atom is 0.407 e. The summed E-state index contributed by atoms with van der Waals surface area (Å²) in [5.74, 6) is -0.991. The largest absolute Gasteiger partial charge is 0.467 e. The molecule has 3 N–H and O–H groups in total. The molecule has 29 heavy (non-hydrogen) atoms. The molecule has 0 saturated carbocycles. The van der Waals surface area contributed by atoms with Crippen molar-refractivity contribution in [1.82, 2.24) is 10.6 Å². The minimum absolute atomic E-state index is 0.113. The van der Waals surface area contributed by atoms with E-state index >= 15 is 0 Å². The Hall–Kier alpha value is -2.61. The van der Waals surface area contributed by atoms with Gasteiger partial charge in [0.05, 0.1) is 19.6 Å². The number of amides is 2. The number of hydrogen-bond acceptors (Lipinski definition) is 6. The highest BCUT2D eigenvalue weighted by Crippen LogP contribution is 2.07. The van der Waals surface area contributed by atoms with Crippen molar-refractivity contribution < 1.29 is 29.0 Å². The van der Waals surface area contributed by atoms with E-state index in [2.05, 4.69) is 17.6 Å². The summed E-state index contributed by atoms with van der Waals surface area (Å²) in [5, 5.41) is 15.0. The van der Waals surface area contributed by atoms with Crippen molar-refractivity contribution in [3.8, 4) is 0 Å². The average Bonchev–Trinajstić information content (AvgIpc) is 2.73. The number of nitrogens with one attached hydrogen (secondary N) is 2. The molecule has 0 aliphatic carbocycles. The summed E-state index contributed by atoms with van der Waals surface area (Å²) in [6.45, 7) is 2.06. The van der Waals surface area contributed by atoms with E-state index in [0.29, 0.717) is 6.42 Å². The fraction of sp³-hybridized carbons (Fsp3) is 0.571. The van der Waals surface area contributed by atoms with Gasteiger partial charge in [-0.25, -0.2) is 9.59 Å². The maximum absolute atomic E-state index is 12.1. The number of aliphatic hydroxyl groups is 1. The van der Waals surface area contributed by atoms with Crippen molar-refractivity contribution in [3.63, 3.8) is 0 Å². The van der Waals surface area contributed by atoms with Gasteiger partial charge in [0.1, 0.15) is 12.6 Å². The molecule has 8 heteroatoms. The Morgan fingerprint density at radius 1 is 1.10 bits per heavy atom. The molecule has 0 aromatic heterocycles. The van der Waals surface area contributed by atoms with Crippen molar-refractivity contribution >= 4 is 18.0 Å². The SMILES string of the molecule is CCCCCC[C@@H](NC(=O)C[C@H](O)CNC(=O)OCc1ccccc1)C(=O)OC. The summed E-state index contributed by atoms with van der Waals surface area (Å²) in [4.78, 5) is 35.6. The molecule has 162 valence electrons. The fourth-order valence-corrected chi connectivity index (χ4v) is 2.68. The van der Waals surface area contributed by atoms with Gasteiger partial charge in [-0.2, -0.15) is 0 Å². The molecule has 0 saturated heterocycles. The third kappa shape index (κ3) is 11.1. The van der Waals surface area contributed by atoms with E-state index in [1.165, 1.54) is 7.11 Å². The molecule has 0 aliphatic heterocycles. The van der Waals surface area contributed by atoms with Crippen LogP contribution in [0, 0.1) is 0 Å².